The van der Waals surface area contributed by atoms with Gasteiger partial charge in [0.15, 0.2) is 6.61 Å². The highest BCUT2D eigenvalue weighted by Gasteiger charge is 2.29. The van der Waals surface area contributed by atoms with Crippen molar-refractivity contribution in [2.45, 2.75) is 51.1 Å². The van der Waals surface area contributed by atoms with Gasteiger partial charge < -0.3 is 15.0 Å². The average molecular weight is 396 g/mol. The zero-order valence-corrected chi connectivity index (χ0v) is 16.3. The molecule has 0 saturated heterocycles. The molecule has 2 amide bonds. The number of rotatable bonds is 4. The molecule has 1 aliphatic carbocycles. The molecule has 0 bridgehead atoms. The third-order valence-corrected chi connectivity index (χ3v) is 5.65. The maximum absolute atomic E-state index is 13.0. The van der Waals surface area contributed by atoms with Crippen LogP contribution in [-0.2, 0) is 22.6 Å². The van der Waals surface area contributed by atoms with Crippen LogP contribution >= 0.6 is 0 Å². The number of ether oxygens (including phenoxy) is 1. The first-order chi connectivity index (χ1) is 14.1. The van der Waals surface area contributed by atoms with Crippen molar-refractivity contribution < 1.29 is 18.7 Å². The highest BCUT2D eigenvalue weighted by molar-refractivity contribution is 5.92. The minimum Gasteiger partial charge on any atom is -0.483 e. The molecule has 6 heteroatoms. The third kappa shape index (κ3) is 4.75. The molecule has 1 saturated carbocycles. The largest absolute Gasteiger partial charge is 0.483 e. The summed E-state index contributed by atoms with van der Waals surface area (Å²) in [6.07, 6.45) is 5.78. The second kappa shape index (κ2) is 8.64. The number of nitrogens with zero attached hydrogens (tertiary/aromatic N) is 1. The maximum atomic E-state index is 13.0. The van der Waals surface area contributed by atoms with E-state index in [1.165, 1.54) is 18.6 Å². The number of halogens is 1. The number of amides is 2. The van der Waals surface area contributed by atoms with Crippen LogP contribution in [0.25, 0.3) is 0 Å². The van der Waals surface area contributed by atoms with Crippen LogP contribution in [0.15, 0.2) is 42.5 Å². The van der Waals surface area contributed by atoms with E-state index in [0.29, 0.717) is 18.0 Å². The Hall–Kier alpha value is -2.89. The molecule has 0 atom stereocenters. The van der Waals surface area contributed by atoms with Crippen molar-refractivity contribution in [1.82, 2.24) is 4.90 Å². The molecule has 2 aromatic rings. The van der Waals surface area contributed by atoms with Crippen LogP contribution in [0, 0.1) is 5.82 Å². The minimum absolute atomic E-state index is 0.0231. The first kappa shape index (κ1) is 19.4. The van der Waals surface area contributed by atoms with Crippen molar-refractivity contribution >= 4 is 17.5 Å². The van der Waals surface area contributed by atoms with Gasteiger partial charge in [0, 0.05) is 23.8 Å². The molecule has 1 fully saturated rings. The standard InChI is InChI=1S/C23H25FN2O3/c24-18-8-6-16(7-9-18)12-22(27)25-19-10-11-21-17(13-19)14-26(23(28)15-29-21)20-4-2-1-3-5-20/h6-11,13,20H,1-5,12,14-15H2,(H,25,27). The van der Waals surface area contributed by atoms with Gasteiger partial charge in [-0.3, -0.25) is 9.59 Å². The summed E-state index contributed by atoms with van der Waals surface area (Å²) >= 11 is 0. The Kier molecular flexibility index (Phi) is 5.79. The van der Waals surface area contributed by atoms with Crippen molar-refractivity contribution in [1.29, 1.82) is 0 Å². The van der Waals surface area contributed by atoms with Crippen molar-refractivity contribution in [3.63, 3.8) is 0 Å². The first-order valence-electron chi connectivity index (χ1n) is 10.2. The van der Waals surface area contributed by atoms with Crippen LogP contribution in [0.5, 0.6) is 5.75 Å². The van der Waals surface area contributed by atoms with Gasteiger partial charge in [-0.05, 0) is 48.7 Å². The zero-order chi connectivity index (χ0) is 20.2. The lowest BCUT2D eigenvalue weighted by Gasteiger charge is -2.33. The number of carbonyl (C=O) groups is 2. The number of fused-ring (bicyclic) bond motifs is 1. The van der Waals surface area contributed by atoms with E-state index in [9.17, 15) is 14.0 Å². The van der Waals surface area contributed by atoms with E-state index >= 15 is 0 Å². The zero-order valence-electron chi connectivity index (χ0n) is 16.3. The second-order valence-corrected chi connectivity index (χ2v) is 7.78. The molecule has 2 aromatic carbocycles. The normalized spacial score (nSPS) is 17.3. The quantitative estimate of drug-likeness (QED) is 0.848. The molecule has 2 aliphatic rings. The van der Waals surface area contributed by atoms with E-state index in [1.54, 1.807) is 24.3 Å². The Morgan fingerprint density at radius 3 is 2.62 bits per heavy atom. The van der Waals surface area contributed by atoms with Gasteiger partial charge >= 0.3 is 0 Å². The maximum Gasteiger partial charge on any atom is 0.261 e. The SMILES string of the molecule is O=C(Cc1ccc(F)cc1)Nc1ccc2c(c1)CN(C1CCCCC1)C(=O)CO2. The average Bonchev–Trinajstić information content (AvgIpc) is 2.89. The number of hydrogen-bond acceptors (Lipinski definition) is 3. The first-order valence-corrected chi connectivity index (χ1v) is 10.2. The molecule has 29 heavy (non-hydrogen) atoms. The minimum atomic E-state index is -0.322. The van der Waals surface area contributed by atoms with Crippen molar-refractivity contribution in [3.05, 3.63) is 59.4 Å². The predicted octanol–water partition coefficient (Wildman–Crippen LogP) is 4.06. The smallest absolute Gasteiger partial charge is 0.261 e. The van der Waals surface area contributed by atoms with Crippen LogP contribution in [0.1, 0.15) is 43.2 Å². The molecule has 1 aliphatic heterocycles. The van der Waals surface area contributed by atoms with Crippen molar-refractivity contribution in [2.24, 2.45) is 0 Å². The summed E-state index contributed by atoms with van der Waals surface area (Å²) < 4.78 is 18.7. The molecule has 5 nitrogen and oxygen atoms in total. The molecule has 0 radical (unpaired) electrons. The fourth-order valence-electron chi connectivity index (χ4n) is 4.13. The number of hydrogen-bond donors (Lipinski definition) is 1. The molecular formula is C23H25FN2O3. The van der Waals surface area contributed by atoms with Crippen molar-refractivity contribution in [2.75, 3.05) is 11.9 Å². The molecular weight excluding hydrogens is 371 g/mol. The summed E-state index contributed by atoms with van der Waals surface area (Å²) in [5.74, 6) is 0.214. The van der Waals surface area contributed by atoms with Crippen LogP contribution in [-0.4, -0.2) is 29.4 Å². The molecule has 1 N–H and O–H groups in total. The summed E-state index contributed by atoms with van der Waals surface area (Å²) in [4.78, 5) is 26.9. The second-order valence-electron chi connectivity index (χ2n) is 7.78. The van der Waals surface area contributed by atoms with Crippen LogP contribution in [0.2, 0.25) is 0 Å². The topological polar surface area (TPSA) is 58.6 Å². The summed E-state index contributed by atoms with van der Waals surface area (Å²) in [7, 11) is 0. The summed E-state index contributed by atoms with van der Waals surface area (Å²) in [5.41, 5.74) is 2.31. The Morgan fingerprint density at radius 1 is 1.10 bits per heavy atom. The van der Waals surface area contributed by atoms with E-state index in [1.807, 2.05) is 11.0 Å². The van der Waals surface area contributed by atoms with E-state index in [0.717, 1.165) is 36.8 Å². The lowest BCUT2D eigenvalue weighted by atomic mass is 9.93. The Balaban J connectivity index is 1.46. The summed E-state index contributed by atoms with van der Waals surface area (Å²) in [5, 5.41) is 2.89. The molecule has 4 rings (SSSR count). The molecule has 0 aromatic heterocycles. The van der Waals surface area contributed by atoms with Crippen LogP contribution < -0.4 is 10.1 Å². The summed E-state index contributed by atoms with van der Waals surface area (Å²) in [6, 6.07) is 11.6. The van der Waals surface area contributed by atoms with E-state index in [4.69, 9.17) is 4.74 Å². The van der Waals surface area contributed by atoms with Crippen LogP contribution in [0.4, 0.5) is 10.1 Å². The lowest BCUT2D eigenvalue weighted by molar-refractivity contribution is -0.136. The van der Waals surface area contributed by atoms with Crippen molar-refractivity contribution in [3.8, 4) is 5.75 Å². The molecule has 152 valence electrons. The van der Waals surface area contributed by atoms with Gasteiger partial charge in [-0.25, -0.2) is 4.39 Å². The van der Waals surface area contributed by atoms with Gasteiger partial charge in [-0.1, -0.05) is 31.4 Å². The predicted molar refractivity (Wildman–Crippen MR) is 108 cm³/mol. The summed E-state index contributed by atoms with van der Waals surface area (Å²) in [6.45, 7) is 0.556. The van der Waals surface area contributed by atoms with Gasteiger partial charge in [-0.15, -0.1) is 0 Å². The number of anilines is 1. The fourth-order valence-corrected chi connectivity index (χ4v) is 4.13. The lowest BCUT2D eigenvalue weighted by Crippen LogP contribution is -2.42. The van der Waals surface area contributed by atoms with Gasteiger partial charge in [0.2, 0.25) is 5.91 Å². The molecule has 1 heterocycles. The van der Waals surface area contributed by atoms with Gasteiger partial charge in [-0.2, -0.15) is 0 Å². The number of benzene rings is 2. The Labute approximate surface area is 169 Å². The number of carbonyl (C=O) groups excluding carboxylic acids is 2. The Bertz CT molecular complexity index is 891. The van der Waals surface area contributed by atoms with Crippen LogP contribution in [0.3, 0.4) is 0 Å². The van der Waals surface area contributed by atoms with Gasteiger partial charge in [0.1, 0.15) is 11.6 Å². The molecule has 0 spiro atoms. The van der Waals surface area contributed by atoms with E-state index in [2.05, 4.69) is 5.32 Å². The highest BCUT2D eigenvalue weighted by Crippen LogP contribution is 2.31. The highest BCUT2D eigenvalue weighted by atomic mass is 19.1. The fraction of sp³-hybridized carbons (Fsp3) is 0.391. The molecule has 0 unspecified atom stereocenters. The monoisotopic (exact) mass is 396 g/mol. The van der Waals surface area contributed by atoms with Gasteiger partial charge in [0.25, 0.3) is 5.91 Å². The van der Waals surface area contributed by atoms with E-state index in [-0.39, 0.29) is 36.7 Å². The third-order valence-electron chi connectivity index (χ3n) is 5.65. The van der Waals surface area contributed by atoms with Gasteiger partial charge in [0.05, 0.1) is 6.42 Å². The number of nitrogens with one attached hydrogen (secondary N) is 1. The van der Waals surface area contributed by atoms with E-state index < -0.39 is 0 Å². The Morgan fingerprint density at radius 2 is 1.86 bits per heavy atom.